The van der Waals surface area contributed by atoms with Gasteiger partial charge in [0, 0.05) is 25.6 Å². The minimum absolute atomic E-state index is 0.147. The van der Waals surface area contributed by atoms with E-state index in [1.807, 2.05) is 12.1 Å². The largest absolute Gasteiger partial charge is 0.488 e. The lowest BCUT2D eigenvalue weighted by atomic mass is 10.0. The van der Waals surface area contributed by atoms with Crippen molar-refractivity contribution in [1.82, 2.24) is 10.6 Å². The summed E-state index contributed by atoms with van der Waals surface area (Å²) in [6.45, 7) is 8.49. The van der Waals surface area contributed by atoms with E-state index in [2.05, 4.69) is 42.5 Å². The summed E-state index contributed by atoms with van der Waals surface area (Å²) in [6.07, 6.45) is 1.99. The summed E-state index contributed by atoms with van der Waals surface area (Å²) >= 11 is 0. The van der Waals surface area contributed by atoms with Gasteiger partial charge in [-0.05, 0) is 26.3 Å². The van der Waals surface area contributed by atoms with Crippen molar-refractivity contribution >= 4 is 5.96 Å². The number of para-hydroxylation sites is 1. The summed E-state index contributed by atoms with van der Waals surface area (Å²) in [7, 11) is 1.77. The molecule has 0 saturated heterocycles. The predicted octanol–water partition coefficient (Wildman–Crippen LogP) is 2.35. The number of ether oxygens (including phenoxy) is 2. The highest BCUT2D eigenvalue weighted by Gasteiger charge is 2.32. The standard InChI is InChI=1S/C17H27N3O2/c1-5-9-19-16(18-4)20-10-11-21-14-8-6-7-13-12-17(2,3)22-15(13)14/h6-8H,5,9-12H2,1-4H3,(H2,18,19,20). The molecule has 0 atom stereocenters. The average molecular weight is 305 g/mol. The molecule has 5 heteroatoms. The Morgan fingerprint density at radius 2 is 2.09 bits per heavy atom. The van der Waals surface area contributed by atoms with Crippen molar-refractivity contribution in [2.45, 2.75) is 39.2 Å². The maximum absolute atomic E-state index is 6.00. The summed E-state index contributed by atoms with van der Waals surface area (Å²) in [4.78, 5) is 4.16. The van der Waals surface area contributed by atoms with Crippen LogP contribution in [-0.2, 0) is 6.42 Å². The first-order chi connectivity index (χ1) is 10.6. The molecule has 122 valence electrons. The van der Waals surface area contributed by atoms with Crippen molar-refractivity contribution in [3.05, 3.63) is 23.8 Å². The molecular formula is C17H27N3O2. The number of guanidine groups is 1. The average Bonchev–Trinajstić information content (AvgIpc) is 2.81. The summed E-state index contributed by atoms with van der Waals surface area (Å²) in [5.41, 5.74) is 1.07. The second-order valence-corrected chi connectivity index (χ2v) is 6.06. The van der Waals surface area contributed by atoms with Crippen LogP contribution in [0.15, 0.2) is 23.2 Å². The molecule has 2 N–H and O–H groups in total. The maximum atomic E-state index is 6.00. The van der Waals surface area contributed by atoms with E-state index in [0.717, 1.165) is 36.8 Å². The Balaban J connectivity index is 1.83. The molecule has 1 aromatic rings. The van der Waals surface area contributed by atoms with E-state index < -0.39 is 0 Å². The van der Waals surface area contributed by atoms with Gasteiger partial charge in [0.25, 0.3) is 0 Å². The molecule has 1 aliphatic rings. The molecular weight excluding hydrogens is 278 g/mol. The van der Waals surface area contributed by atoms with E-state index in [-0.39, 0.29) is 5.60 Å². The monoisotopic (exact) mass is 305 g/mol. The smallest absolute Gasteiger partial charge is 0.191 e. The molecule has 0 spiro atoms. The number of hydrogen-bond acceptors (Lipinski definition) is 3. The lowest BCUT2D eigenvalue weighted by Gasteiger charge is -2.18. The second kappa shape index (κ2) is 7.38. The number of benzene rings is 1. The number of hydrogen-bond donors (Lipinski definition) is 2. The van der Waals surface area contributed by atoms with Crippen LogP contribution in [0.2, 0.25) is 0 Å². The van der Waals surface area contributed by atoms with E-state index in [1.54, 1.807) is 7.05 Å². The quantitative estimate of drug-likeness (QED) is 0.481. The van der Waals surface area contributed by atoms with E-state index in [1.165, 1.54) is 5.56 Å². The first kappa shape index (κ1) is 16.5. The summed E-state index contributed by atoms with van der Waals surface area (Å²) in [5.74, 6) is 2.52. The zero-order chi connectivity index (χ0) is 16.0. The zero-order valence-electron chi connectivity index (χ0n) is 14.0. The highest BCUT2D eigenvalue weighted by Crippen LogP contribution is 2.41. The van der Waals surface area contributed by atoms with Crippen LogP contribution in [0.1, 0.15) is 32.8 Å². The van der Waals surface area contributed by atoms with Crippen molar-refractivity contribution in [3.8, 4) is 11.5 Å². The molecule has 0 radical (unpaired) electrons. The molecule has 1 aliphatic heterocycles. The molecule has 0 saturated carbocycles. The molecule has 1 aromatic carbocycles. The van der Waals surface area contributed by atoms with Crippen molar-refractivity contribution in [2.24, 2.45) is 4.99 Å². The zero-order valence-corrected chi connectivity index (χ0v) is 14.0. The van der Waals surface area contributed by atoms with Gasteiger partial charge in [-0.1, -0.05) is 19.1 Å². The van der Waals surface area contributed by atoms with Gasteiger partial charge in [0.1, 0.15) is 12.2 Å². The van der Waals surface area contributed by atoms with Gasteiger partial charge in [0.2, 0.25) is 0 Å². The summed E-state index contributed by atoms with van der Waals surface area (Å²) in [6, 6.07) is 6.09. The Morgan fingerprint density at radius 3 is 2.82 bits per heavy atom. The van der Waals surface area contributed by atoms with Gasteiger partial charge in [0.05, 0.1) is 6.54 Å². The van der Waals surface area contributed by atoms with Crippen LogP contribution in [0.4, 0.5) is 0 Å². The second-order valence-electron chi connectivity index (χ2n) is 6.06. The SMILES string of the molecule is CCCNC(=NC)NCCOc1cccc2c1OC(C)(C)C2. The molecule has 0 bridgehead atoms. The highest BCUT2D eigenvalue weighted by molar-refractivity contribution is 5.79. The van der Waals surface area contributed by atoms with E-state index in [0.29, 0.717) is 13.2 Å². The normalized spacial score (nSPS) is 15.9. The van der Waals surface area contributed by atoms with Crippen molar-refractivity contribution in [2.75, 3.05) is 26.7 Å². The fourth-order valence-electron chi connectivity index (χ4n) is 2.50. The number of rotatable bonds is 6. The minimum Gasteiger partial charge on any atom is -0.488 e. The van der Waals surface area contributed by atoms with Gasteiger partial charge in [-0.3, -0.25) is 4.99 Å². The molecule has 1 heterocycles. The van der Waals surface area contributed by atoms with Gasteiger partial charge in [-0.15, -0.1) is 0 Å². The Labute approximate surface area is 133 Å². The first-order valence-corrected chi connectivity index (χ1v) is 7.94. The third-order valence-corrected chi connectivity index (χ3v) is 3.47. The lowest BCUT2D eigenvalue weighted by Crippen LogP contribution is -2.39. The number of aliphatic imine (C=N–C) groups is 1. The third-order valence-electron chi connectivity index (χ3n) is 3.47. The Bertz CT molecular complexity index is 527. The van der Waals surface area contributed by atoms with E-state index in [9.17, 15) is 0 Å². The van der Waals surface area contributed by atoms with Crippen LogP contribution in [0, 0.1) is 0 Å². The molecule has 22 heavy (non-hydrogen) atoms. The van der Waals surface area contributed by atoms with E-state index in [4.69, 9.17) is 9.47 Å². The first-order valence-electron chi connectivity index (χ1n) is 7.94. The van der Waals surface area contributed by atoms with Gasteiger partial charge >= 0.3 is 0 Å². The lowest BCUT2D eigenvalue weighted by molar-refractivity contribution is 0.132. The molecule has 5 nitrogen and oxygen atoms in total. The van der Waals surface area contributed by atoms with Crippen LogP contribution in [0.3, 0.4) is 0 Å². The van der Waals surface area contributed by atoms with Gasteiger partial charge in [-0.2, -0.15) is 0 Å². The number of fused-ring (bicyclic) bond motifs is 1. The van der Waals surface area contributed by atoms with Crippen LogP contribution >= 0.6 is 0 Å². The fraction of sp³-hybridized carbons (Fsp3) is 0.588. The maximum Gasteiger partial charge on any atom is 0.191 e. The predicted molar refractivity (Wildman–Crippen MR) is 90.0 cm³/mol. The number of nitrogens with zero attached hydrogens (tertiary/aromatic N) is 1. The van der Waals surface area contributed by atoms with Crippen LogP contribution in [-0.4, -0.2) is 38.3 Å². The Kier molecular flexibility index (Phi) is 5.52. The van der Waals surface area contributed by atoms with Crippen molar-refractivity contribution in [3.63, 3.8) is 0 Å². The number of nitrogens with one attached hydrogen (secondary N) is 2. The van der Waals surface area contributed by atoms with Crippen LogP contribution in [0.5, 0.6) is 11.5 Å². The molecule has 0 aliphatic carbocycles. The van der Waals surface area contributed by atoms with Gasteiger partial charge in [-0.25, -0.2) is 0 Å². The van der Waals surface area contributed by atoms with Crippen LogP contribution < -0.4 is 20.1 Å². The Hall–Kier alpha value is -1.91. The van der Waals surface area contributed by atoms with Crippen molar-refractivity contribution < 1.29 is 9.47 Å². The molecule has 0 fully saturated rings. The molecule has 2 rings (SSSR count). The highest BCUT2D eigenvalue weighted by atomic mass is 16.5. The van der Waals surface area contributed by atoms with Crippen molar-refractivity contribution in [1.29, 1.82) is 0 Å². The van der Waals surface area contributed by atoms with Gasteiger partial charge < -0.3 is 20.1 Å². The Morgan fingerprint density at radius 1 is 1.32 bits per heavy atom. The molecule has 0 unspecified atom stereocenters. The van der Waals surface area contributed by atoms with Gasteiger partial charge in [0.15, 0.2) is 17.5 Å². The van der Waals surface area contributed by atoms with E-state index >= 15 is 0 Å². The topological polar surface area (TPSA) is 54.9 Å². The minimum atomic E-state index is -0.147. The molecule has 0 aromatic heterocycles. The summed E-state index contributed by atoms with van der Waals surface area (Å²) < 4.78 is 11.9. The molecule has 0 amide bonds. The fourth-order valence-corrected chi connectivity index (χ4v) is 2.50. The third kappa shape index (κ3) is 4.29. The summed E-state index contributed by atoms with van der Waals surface area (Å²) in [5, 5.41) is 6.46. The van der Waals surface area contributed by atoms with Crippen LogP contribution in [0.25, 0.3) is 0 Å².